The first-order valence-corrected chi connectivity index (χ1v) is 6.75. The van der Waals surface area contributed by atoms with Crippen LogP contribution in [0.4, 0.5) is 0 Å². The average Bonchev–Trinajstić information content (AvgIpc) is 2.65. The van der Waals surface area contributed by atoms with Crippen molar-refractivity contribution >= 4 is 0 Å². The normalized spacial score (nSPS) is 22.1. The van der Waals surface area contributed by atoms with E-state index in [1.54, 1.807) is 0 Å². The van der Waals surface area contributed by atoms with Gasteiger partial charge in [0.05, 0.1) is 0 Å². The molecular formula is C13H28N2O. The first-order chi connectivity index (χ1) is 7.72. The van der Waals surface area contributed by atoms with Gasteiger partial charge in [0.25, 0.3) is 0 Å². The van der Waals surface area contributed by atoms with Gasteiger partial charge in [-0.2, -0.15) is 0 Å². The molecule has 0 bridgehead atoms. The van der Waals surface area contributed by atoms with E-state index in [2.05, 4.69) is 31.0 Å². The maximum Gasteiger partial charge on any atom is 0.0489 e. The van der Waals surface area contributed by atoms with Gasteiger partial charge in [0.2, 0.25) is 0 Å². The largest absolute Gasteiger partial charge is 0.381 e. The van der Waals surface area contributed by atoms with Gasteiger partial charge in [0.15, 0.2) is 0 Å². The topological polar surface area (TPSA) is 24.5 Å². The molecule has 1 rings (SSSR count). The summed E-state index contributed by atoms with van der Waals surface area (Å²) in [5.41, 5.74) is 0. The van der Waals surface area contributed by atoms with Crippen LogP contribution >= 0.6 is 0 Å². The predicted molar refractivity (Wildman–Crippen MR) is 68.8 cm³/mol. The molecule has 1 unspecified atom stereocenters. The summed E-state index contributed by atoms with van der Waals surface area (Å²) in [4.78, 5) is 2.55. The molecule has 0 aromatic rings. The third-order valence-electron chi connectivity index (χ3n) is 2.98. The first-order valence-electron chi connectivity index (χ1n) is 6.75. The molecule has 1 atom stereocenters. The van der Waals surface area contributed by atoms with Gasteiger partial charge in [-0.1, -0.05) is 20.8 Å². The van der Waals surface area contributed by atoms with Gasteiger partial charge in [-0.05, 0) is 31.8 Å². The summed E-state index contributed by atoms with van der Waals surface area (Å²) in [5, 5.41) is 3.52. The highest BCUT2D eigenvalue weighted by atomic mass is 16.5. The second kappa shape index (κ2) is 8.04. The van der Waals surface area contributed by atoms with E-state index in [-0.39, 0.29) is 0 Å². The fraction of sp³-hybridized carbons (Fsp3) is 1.00. The van der Waals surface area contributed by atoms with Crippen LogP contribution in [0.25, 0.3) is 0 Å². The lowest BCUT2D eigenvalue weighted by molar-refractivity contribution is 0.101. The van der Waals surface area contributed by atoms with Gasteiger partial charge in [-0.15, -0.1) is 0 Å². The van der Waals surface area contributed by atoms with E-state index in [1.807, 2.05) is 0 Å². The van der Waals surface area contributed by atoms with Crippen molar-refractivity contribution < 1.29 is 4.74 Å². The summed E-state index contributed by atoms with van der Waals surface area (Å²) in [6, 6.07) is 0.724. The van der Waals surface area contributed by atoms with Crippen LogP contribution in [-0.2, 0) is 4.74 Å². The molecule has 0 radical (unpaired) electrons. The zero-order valence-corrected chi connectivity index (χ0v) is 11.2. The van der Waals surface area contributed by atoms with Crippen molar-refractivity contribution in [3.63, 3.8) is 0 Å². The number of nitrogens with zero attached hydrogens (tertiary/aromatic N) is 1. The zero-order valence-electron chi connectivity index (χ0n) is 11.2. The predicted octanol–water partition coefficient (Wildman–Crippen LogP) is 1.73. The molecule has 1 aliphatic heterocycles. The summed E-state index contributed by atoms with van der Waals surface area (Å²) in [6.07, 6.45) is 2.48. The molecule has 1 aliphatic rings. The van der Waals surface area contributed by atoms with Gasteiger partial charge < -0.3 is 15.0 Å². The minimum absolute atomic E-state index is 0.657. The molecule has 0 aromatic carbocycles. The second-order valence-corrected chi connectivity index (χ2v) is 5.17. The van der Waals surface area contributed by atoms with E-state index in [0.717, 1.165) is 25.8 Å². The molecule has 1 N–H and O–H groups in total. The van der Waals surface area contributed by atoms with Crippen molar-refractivity contribution in [2.24, 2.45) is 5.92 Å². The molecule has 1 fully saturated rings. The minimum atomic E-state index is 0.657. The Morgan fingerprint density at radius 3 is 2.94 bits per heavy atom. The third-order valence-corrected chi connectivity index (χ3v) is 2.98. The summed E-state index contributed by atoms with van der Waals surface area (Å²) in [5.74, 6) is 0.657. The Morgan fingerprint density at radius 2 is 2.25 bits per heavy atom. The molecule has 96 valence electrons. The highest BCUT2D eigenvalue weighted by Gasteiger charge is 2.20. The molecule has 3 nitrogen and oxygen atoms in total. The molecule has 0 spiro atoms. The Morgan fingerprint density at radius 1 is 1.44 bits per heavy atom. The molecule has 16 heavy (non-hydrogen) atoms. The Balaban J connectivity index is 1.94. The summed E-state index contributed by atoms with van der Waals surface area (Å²) >= 11 is 0. The van der Waals surface area contributed by atoms with Crippen LogP contribution in [0.3, 0.4) is 0 Å². The van der Waals surface area contributed by atoms with Gasteiger partial charge >= 0.3 is 0 Å². The van der Waals surface area contributed by atoms with Crippen molar-refractivity contribution in [1.29, 1.82) is 0 Å². The molecule has 1 saturated heterocycles. The SMILES string of the molecule is CCNC1CCN(CCCOCC(C)C)C1. The number of hydrogen-bond donors (Lipinski definition) is 1. The summed E-state index contributed by atoms with van der Waals surface area (Å²) in [6.45, 7) is 13.2. The molecule has 0 saturated carbocycles. The van der Waals surface area contributed by atoms with E-state index in [0.29, 0.717) is 5.92 Å². The fourth-order valence-corrected chi connectivity index (χ4v) is 2.20. The number of likely N-dealkylation sites (tertiary alicyclic amines) is 1. The van der Waals surface area contributed by atoms with Crippen molar-refractivity contribution in [3.05, 3.63) is 0 Å². The molecule has 1 heterocycles. The quantitative estimate of drug-likeness (QED) is 0.640. The van der Waals surface area contributed by atoms with Gasteiger partial charge in [0, 0.05) is 32.3 Å². The van der Waals surface area contributed by atoms with Crippen molar-refractivity contribution in [1.82, 2.24) is 10.2 Å². The van der Waals surface area contributed by atoms with E-state index in [4.69, 9.17) is 4.74 Å². The fourth-order valence-electron chi connectivity index (χ4n) is 2.20. The summed E-state index contributed by atoms with van der Waals surface area (Å²) < 4.78 is 5.59. The Labute approximate surface area is 101 Å². The van der Waals surface area contributed by atoms with E-state index < -0.39 is 0 Å². The van der Waals surface area contributed by atoms with Crippen LogP contribution in [-0.4, -0.2) is 50.3 Å². The molecule has 0 aliphatic carbocycles. The minimum Gasteiger partial charge on any atom is -0.381 e. The number of rotatable bonds is 8. The van der Waals surface area contributed by atoms with Crippen LogP contribution < -0.4 is 5.32 Å². The lowest BCUT2D eigenvalue weighted by Crippen LogP contribution is -2.32. The van der Waals surface area contributed by atoms with Gasteiger partial charge in [-0.3, -0.25) is 0 Å². The number of nitrogens with one attached hydrogen (secondary N) is 1. The highest BCUT2D eigenvalue weighted by Crippen LogP contribution is 2.09. The molecule has 3 heteroatoms. The van der Waals surface area contributed by atoms with Crippen molar-refractivity contribution in [2.75, 3.05) is 39.4 Å². The maximum atomic E-state index is 5.59. The third kappa shape index (κ3) is 5.83. The number of likely N-dealkylation sites (N-methyl/N-ethyl adjacent to an activating group) is 1. The van der Waals surface area contributed by atoms with Crippen LogP contribution in [0.15, 0.2) is 0 Å². The monoisotopic (exact) mass is 228 g/mol. The molecular weight excluding hydrogens is 200 g/mol. The van der Waals surface area contributed by atoms with E-state index in [9.17, 15) is 0 Å². The van der Waals surface area contributed by atoms with Crippen molar-refractivity contribution in [2.45, 2.75) is 39.7 Å². The average molecular weight is 228 g/mol. The zero-order chi connectivity index (χ0) is 11.8. The highest BCUT2D eigenvalue weighted by molar-refractivity contribution is 4.80. The summed E-state index contributed by atoms with van der Waals surface area (Å²) in [7, 11) is 0. The maximum absolute atomic E-state index is 5.59. The molecule has 0 amide bonds. The van der Waals surface area contributed by atoms with Crippen LogP contribution in [0.1, 0.15) is 33.6 Å². The Kier molecular flexibility index (Phi) is 7.01. The van der Waals surface area contributed by atoms with E-state index >= 15 is 0 Å². The first kappa shape index (κ1) is 13.9. The Hall–Kier alpha value is -0.120. The van der Waals surface area contributed by atoms with Crippen LogP contribution in [0.2, 0.25) is 0 Å². The van der Waals surface area contributed by atoms with Crippen LogP contribution in [0.5, 0.6) is 0 Å². The standard InChI is InChI=1S/C13H28N2O/c1-4-14-13-6-8-15(10-13)7-5-9-16-11-12(2)3/h12-14H,4-11H2,1-3H3. The lowest BCUT2D eigenvalue weighted by atomic mass is 10.2. The second-order valence-electron chi connectivity index (χ2n) is 5.17. The van der Waals surface area contributed by atoms with Crippen LogP contribution in [0, 0.1) is 5.92 Å². The van der Waals surface area contributed by atoms with Gasteiger partial charge in [-0.25, -0.2) is 0 Å². The molecule has 0 aromatic heterocycles. The Bertz CT molecular complexity index is 173. The number of ether oxygens (including phenoxy) is 1. The van der Waals surface area contributed by atoms with Crippen molar-refractivity contribution in [3.8, 4) is 0 Å². The number of hydrogen-bond acceptors (Lipinski definition) is 3. The smallest absolute Gasteiger partial charge is 0.0489 e. The lowest BCUT2D eigenvalue weighted by Gasteiger charge is -2.16. The van der Waals surface area contributed by atoms with E-state index in [1.165, 1.54) is 32.5 Å². The van der Waals surface area contributed by atoms with Gasteiger partial charge in [0.1, 0.15) is 0 Å².